The Labute approximate surface area is 178 Å². The van der Waals surface area contributed by atoms with Crippen molar-refractivity contribution in [1.82, 2.24) is 5.32 Å². The van der Waals surface area contributed by atoms with Gasteiger partial charge in [0.25, 0.3) is 5.91 Å². The van der Waals surface area contributed by atoms with Crippen LogP contribution in [0.25, 0.3) is 6.08 Å². The van der Waals surface area contributed by atoms with Crippen molar-refractivity contribution in [3.63, 3.8) is 0 Å². The van der Waals surface area contributed by atoms with Crippen molar-refractivity contribution in [3.8, 4) is 5.75 Å². The van der Waals surface area contributed by atoms with Crippen molar-refractivity contribution in [3.05, 3.63) is 66.2 Å². The number of ether oxygens (including phenoxy) is 2. The van der Waals surface area contributed by atoms with Crippen LogP contribution < -0.4 is 15.0 Å². The summed E-state index contributed by atoms with van der Waals surface area (Å²) >= 11 is 0. The van der Waals surface area contributed by atoms with E-state index < -0.39 is 17.7 Å². The monoisotopic (exact) mass is 410 g/mol. The molecule has 6 nitrogen and oxygen atoms in total. The predicted molar refractivity (Wildman–Crippen MR) is 120 cm³/mol. The Hall–Kier alpha value is -3.28. The number of hydrogen-bond donors (Lipinski definition) is 1. The Bertz CT molecular complexity index is 885. The first-order valence-corrected chi connectivity index (χ1v) is 9.75. The van der Waals surface area contributed by atoms with Crippen molar-refractivity contribution in [2.75, 3.05) is 19.1 Å². The number of likely N-dealkylation sites (N-methyl/N-ethyl adjacent to an activating group) is 1. The standard InChI is InChI=1S/C24H30N2O4/c1-7-17-9-8-10-18(15-17)16-21(30-23(28)25-24(2,3)4)22(27)26(5)19-11-13-20(29-6)14-12-19/h7-15,21H,1,16H2,2-6H3,(H,25,28)/t21-/m0/s1. The van der Waals surface area contributed by atoms with Gasteiger partial charge in [-0.2, -0.15) is 0 Å². The second-order valence-corrected chi connectivity index (χ2v) is 8.02. The Kier molecular flexibility index (Phi) is 7.64. The maximum atomic E-state index is 13.2. The molecule has 2 rings (SSSR count). The second kappa shape index (κ2) is 9.96. The SMILES string of the molecule is C=Cc1cccc(C[C@H](OC(=O)NC(C)(C)C)C(=O)N(C)c2ccc(OC)cc2)c1. The van der Waals surface area contributed by atoms with Crippen molar-refractivity contribution in [2.24, 2.45) is 0 Å². The zero-order valence-corrected chi connectivity index (χ0v) is 18.3. The number of methoxy groups -OCH3 is 1. The zero-order chi connectivity index (χ0) is 22.3. The normalized spacial score (nSPS) is 11.9. The van der Waals surface area contributed by atoms with E-state index in [9.17, 15) is 9.59 Å². The number of benzene rings is 2. The summed E-state index contributed by atoms with van der Waals surface area (Å²) in [6, 6.07) is 14.7. The molecule has 0 aliphatic heterocycles. The molecule has 0 fully saturated rings. The molecule has 0 spiro atoms. The summed E-state index contributed by atoms with van der Waals surface area (Å²) < 4.78 is 10.7. The van der Waals surface area contributed by atoms with Gasteiger partial charge in [-0.15, -0.1) is 0 Å². The first-order valence-electron chi connectivity index (χ1n) is 9.75. The number of amides is 2. The van der Waals surface area contributed by atoms with E-state index in [0.29, 0.717) is 11.4 Å². The van der Waals surface area contributed by atoms with Gasteiger partial charge in [-0.1, -0.05) is 36.9 Å². The summed E-state index contributed by atoms with van der Waals surface area (Å²) in [5.74, 6) is 0.367. The highest BCUT2D eigenvalue weighted by molar-refractivity contribution is 5.97. The van der Waals surface area contributed by atoms with E-state index in [1.54, 1.807) is 44.5 Å². The summed E-state index contributed by atoms with van der Waals surface area (Å²) in [5, 5.41) is 2.74. The average molecular weight is 411 g/mol. The van der Waals surface area contributed by atoms with Crippen LogP contribution in [0.3, 0.4) is 0 Å². The number of carbonyl (C=O) groups excluding carboxylic acids is 2. The highest BCUT2D eigenvalue weighted by Gasteiger charge is 2.28. The molecule has 0 saturated carbocycles. The molecule has 0 saturated heterocycles. The lowest BCUT2D eigenvalue weighted by Gasteiger charge is -2.26. The van der Waals surface area contributed by atoms with E-state index >= 15 is 0 Å². The van der Waals surface area contributed by atoms with Crippen molar-refractivity contribution >= 4 is 23.8 Å². The lowest BCUT2D eigenvalue weighted by molar-refractivity contribution is -0.126. The van der Waals surface area contributed by atoms with Crippen molar-refractivity contribution < 1.29 is 19.1 Å². The van der Waals surface area contributed by atoms with Crippen LogP contribution in [0.5, 0.6) is 5.75 Å². The molecule has 0 aliphatic carbocycles. The summed E-state index contributed by atoms with van der Waals surface area (Å²) in [4.78, 5) is 27.1. The molecule has 2 aromatic carbocycles. The molecule has 0 heterocycles. The van der Waals surface area contributed by atoms with E-state index in [-0.39, 0.29) is 12.3 Å². The van der Waals surface area contributed by atoms with Gasteiger partial charge in [0.05, 0.1) is 7.11 Å². The number of rotatable bonds is 7. The molecule has 1 atom stereocenters. The van der Waals surface area contributed by atoms with Gasteiger partial charge in [-0.3, -0.25) is 4.79 Å². The fraction of sp³-hybridized carbons (Fsp3) is 0.333. The first-order chi connectivity index (χ1) is 14.1. The Morgan fingerprint density at radius 1 is 1.17 bits per heavy atom. The third-order valence-corrected chi connectivity index (χ3v) is 4.40. The lowest BCUT2D eigenvalue weighted by atomic mass is 10.0. The van der Waals surface area contributed by atoms with Crippen LogP contribution >= 0.6 is 0 Å². The molecule has 0 aromatic heterocycles. The molecule has 30 heavy (non-hydrogen) atoms. The van der Waals surface area contributed by atoms with E-state index in [0.717, 1.165) is 11.1 Å². The van der Waals surface area contributed by atoms with Gasteiger partial charge in [0.15, 0.2) is 6.10 Å². The summed E-state index contributed by atoms with van der Waals surface area (Å²) in [7, 11) is 3.24. The molecule has 0 unspecified atom stereocenters. The Morgan fingerprint density at radius 2 is 1.83 bits per heavy atom. The van der Waals surface area contributed by atoms with Crippen LogP contribution in [0.2, 0.25) is 0 Å². The molecular formula is C24H30N2O4. The van der Waals surface area contributed by atoms with E-state index in [1.165, 1.54) is 4.90 Å². The first kappa shape index (κ1) is 23.0. The second-order valence-electron chi connectivity index (χ2n) is 8.02. The lowest BCUT2D eigenvalue weighted by Crippen LogP contribution is -2.46. The van der Waals surface area contributed by atoms with Crippen LogP contribution in [0.1, 0.15) is 31.9 Å². The zero-order valence-electron chi connectivity index (χ0n) is 18.3. The van der Waals surface area contributed by atoms with Gasteiger partial charge in [-0.05, 0) is 56.2 Å². The van der Waals surface area contributed by atoms with Crippen LogP contribution in [0.4, 0.5) is 10.5 Å². The molecule has 2 amide bonds. The van der Waals surface area contributed by atoms with Crippen LogP contribution in [-0.2, 0) is 16.0 Å². The van der Waals surface area contributed by atoms with Crippen LogP contribution in [-0.4, -0.2) is 37.8 Å². The number of nitrogens with one attached hydrogen (secondary N) is 1. The predicted octanol–water partition coefficient (Wildman–Crippen LogP) is 4.44. The molecule has 1 N–H and O–H groups in total. The van der Waals surface area contributed by atoms with Gasteiger partial charge < -0.3 is 19.7 Å². The molecule has 6 heteroatoms. The molecule has 0 radical (unpaired) electrons. The molecule has 2 aromatic rings. The van der Waals surface area contributed by atoms with E-state index in [4.69, 9.17) is 9.47 Å². The van der Waals surface area contributed by atoms with Crippen LogP contribution in [0, 0.1) is 0 Å². The maximum absolute atomic E-state index is 13.2. The number of carbonyl (C=O) groups is 2. The minimum absolute atomic E-state index is 0.249. The Morgan fingerprint density at radius 3 is 2.40 bits per heavy atom. The van der Waals surface area contributed by atoms with Gasteiger partial charge in [0.2, 0.25) is 0 Å². The molecule has 0 aliphatic rings. The fourth-order valence-electron chi connectivity index (χ4n) is 2.85. The minimum Gasteiger partial charge on any atom is -0.497 e. The number of alkyl carbamates (subject to hydrolysis) is 1. The molecule has 0 bridgehead atoms. The maximum Gasteiger partial charge on any atom is 0.408 e. The van der Waals surface area contributed by atoms with E-state index in [1.807, 2.05) is 45.0 Å². The molecule has 160 valence electrons. The number of anilines is 1. The highest BCUT2D eigenvalue weighted by Crippen LogP contribution is 2.20. The summed E-state index contributed by atoms with van der Waals surface area (Å²) in [5.41, 5.74) is 2.00. The number of hydrogen-bond acceptors (Lipinski definition) is 4. The Balaban J connectivity index is 2.26. The molecular weight excluding hydrogens is 380 g/mol. The number of nitrogens with zero attached hydrogens (tertiary/aromatic N) is 1. The largest absolute Gasteiger partial charge is 0.497 e. The van der Waals surface area contributed by atoms with E-state index in [2.05, 4.69) is 11.9 Å². The van der Waals surface area contributed by atoms with Gasteiger partial charge in [0, 0.05) is 24.7 Å². The smallest absolute Gasteiger partial charge is 0.408 e. The van der Waals surface area contributed by atoms with Gasteiger partial charge >= 0.3 is 6.09 Å². The topological polar surface area (TPSA) is 67.9 Å². The summed E-state index contributed by atoms with van der Waals surface area (Å²) in [6.07, 6.45) is 0.360. The van der Waals surface area contributed by atoms with Gasteiger partial charge in [-0.25, -0.2) is 4.79 Å². The third-order valence-electron chi connectivity index (χ3n) is 4.40. The van der Waals surface area contributed by atoms with Crippen LogP contribution in [0.15, 0.2) is 55.1 Å². The quantitative estimate of drug-likeness (QED) is 0.733. The highest BCUT2D eigenvalue weighted by atomic mass is 16.6. The van der Waals surface area contributed by atoms with Crippen molar-refractivity contribution in [1.29, 1.82) is 0 Å². The fourth-order valence-corrected chi connectivity index (χ4v) is 2.85. The average Bonchev–Trinajstić information content (AvgIpc) is 2.71. The third kappa shape index (κ3) is 6.65. The van der Waals surface area contributed by atoms with Crippen molar-refractivity contribution in [2.45, 2.75) is 38.8 Å². The minimum atomic E-state index is -0.987. The van der Waals surface area contributed by atoms with Gasteiger partial charge in [0.1, 0.15) is 5.75 Å². The summed E-state index contributed by atoms with van der Waals surface area (Å²) in [6.45, 7) is 9.32.